The topological polar surface area (TPSA) is 67.4 Å². The van der Waals surface area contributed by atoms with Gasteiger partial charge in [0.15, 0.2) is 6.61 Å². The van der Waals surface area contributed by atoms with Gasteiger partial charge in [-0.3, -0.25) is 9.59 Å². The van der Waals surface area contributed by atoms with Crippen LogP contribution in [0.25, 0.3) is 0 Å². The third-order valence-corrected chi connectivity index (χ3v) is 4.08. The Hall–Kier alpha value is -2.05. The van der Waals surface area contributed by atoms with Crippen LogP contribution in [0.15, 0.2) is 46.9 Å². The number of ether oxygens (including phenoxy) is 1. The van der Waals surface area contributed by atoms with Crippen LogP contribution in [-0.2, 0) is 11.3 Å². The molecule has 0 aliphatic heterocycles. The zero-order valence-electron chi connectivity index (χ0n) is 13.6. The zero-order valence-corrected chi connectivity index (χ0v) is 16.0. The molecular formula is C18H18BrClN2O3. The van der Waals surface area contributed by atoms with E-state index in [1.807, 2.05) is 6.92 Å². The van der Waals surface area contributed by atoms with Crippen LogP contribution in [0.2, 0.25) is 5.02 Å². The van der Waals surface area contributed by atoms with Crippen molar-refractivity contribution in [3.63, 3.8) is 0 Å². The third kappa shape index (κ3) is 6.07. The van der Waals surface area contributed by atoms with Crippen molar-refractivity contribution in [2.24, 2.45) is 0 Å². The van der Waals surface area contributed by atoms with Gasteiger partial charge >= 0.3 is 0 Å². The van der Waals surface area contributed by atoms with Gasteiger partial charge in [-0.15, -0.1) is 0 Å². The lowest BCUT2D eigenvalue weighted by Crippen LogP contribution is -2.28. The molecule has 0 aliphatic carbocycles. The van der Waals surface area contributed by atoms with Crippen LogP contribution in [0.5, 0.6) is 5.75 Å². The zero-order chi connectivity index (χ0) is 18.2. The summed E-state index contributed by atoms with van der Waals surface area (Å²) in [7, 11) is 0. The van der Waals surface area contributed by atoms with Crippen LogP contribution in [0.4, 0.5) is 0 Å². The number of carbonyl (C=O) groups is 2. The number of amides is 2. The van der Waals surface area contributed by atoms with Crippen molar-refractivity contribution in [3.05, 3.63) is 63.1 Å². The van der Waals surface area contributed by atoms with E-state index in [4.69, 9.17) is 16.3 Å². The predicted octanol–water partition coefficient (Wildman–Crippen LogP) is 3.55. The van der Waals surface area contributed by atoms with Gasteiger partial charge in [-0.25, -0.2) is 0 Å². The summed E-state index contributed by atoms with van der Waals surface area (Å²) in [5.41, 5.74) is 1.48. The Labute approximate surface area is 159 Å². The number of rotatable bonds is 7. The minimum absolute atomic E-state index is 0.113. The predicted molar refractivity (Wildman–Crippen MR) is 101 cm³/mol. The molecule has 0 atom stereocenters. The van der Waals surface area contributed by atoms with E-state index < -0.39 is 0 Å². The van der Waals surface area contributed by atoms with E-state index in [9.17, 15) is 9.59 Å². The molecule has 0 unspecified atom stereocenters. The second-order valence-electron chi connectivity index (χ2n) is 5.20. The van der Waals surface area contributed by atoms with Gasteiger partial charge in [-0.1, -0.05) is 39.7 Å². The van der Waals surface area contributed by atoms with Crippen molar-refractivity contribution in [2.75, 3.05) is 13.2 Å². The fourth-order valence-electron chi connectivity index (χ4n) is 2.02. The summed E-state index contributed by atoms with van der Waals surface area (Å²) in [5, 5.41) is 5.92. The first-order valence-corrected chi connectivity index (χ1v) is 8.88. The van der Waals surface area contributed by atoms with Crippen LogP contribution in [0.1, 0.15) is 22.8 Å². The van der Waals surface area contributed by atoms with Crippen LogP contribution < -0.4 is 15.4 Å². The number of halogens is 2. The van der Waals surface area contributed by atoms with Crippen molar-refractivity contribution < 1.29 is 14.3 Å². The fourth-order valence-corrected chi connectivity index (χ4v) is 2.75. The SMILES string of the molecule is CCNC(=O)c1ccc(CNC(=O)COc2ccc(Br)cc2Cl)cc1. The Morgan fingerprint density at radius 2 is 1.84 bits per heavy atom. The Morgan fingerprint density at radius 1 is 1.12 bits per heavy atom. The molecule has 0 fully saturated rings. The van der Waals surface area contributed by atoms with Crippen molar-refractivity contribution in [3.8, 4) is 5.75 Å². The Balaban J connectivity index is 1.80. The highest BCUT2D eigenvalue weighted by Gasteiger charge is 2.07. The molecule has 0 saturated heterocycles. The minimum Gasteiger partial charge on any atom is -0.482 e. The van der Waals surface area contributed by atoms with Crippen LogP contribution in [0.3, 0.4) is 0 Å². The first kappa shape index (κ1) is 19.3. The molecule has 5 nitrogen and oxygen atoms in total. The van der Waals surface area contributed by atoms with Gasteiger partial charge in [0.05, 0.1) is 5.02 Å². The van der Waals surface area contributed by atoms with E-state index in [-0.39, 0.29) is 18.4 Å². The van der Waals surface area contributed by atoms with Crippen molar-refractivity contribution in [1.82, 2.24) is 10.6 Å². The number of nitrogens with one attached hydrogen (secondary N) is 2. The number of carbonyl (C=O) groups excluding carboxylic acids is 2. The number of benzene rings is 2. The van der Waals surface area contributed by atoms with Crippen LogP contribution in [0, 0.1) is 0 Å². The largest absolute Gasteiger partial charge is 0.482 e. The van der Waals surface area contributed by atoms with Gasteiger partial charge in [-0.05, 0) is 42.8 Å². The molecule has 132 valence electrons. The highest BCUT2D eigenvalue weighted by Crippen LogP contribution is 2.27. The van der Waals surface area contributed by atoms with Gasteiger partial charge in [0.2, 0.25) is 0 Å². The lowest BCUT2D eigenvalue weighted by atomic mass is 10.1. The van der Waals surface area contributed by atoms with E-state index in [0.717, 1.165) is 10.0 Å². The smallest absolute Gasteiger partial charge is 0.258 e. The van der Waals surface area contributed by atoms with E-state index in [1.54, 1.807) is 42.5 Å². The molecule has 25 heavy (non-hydrogen) atoms. The summed E-state index contributed by atoms with van der Waals surface area (Å²) in [6.45, 7) is 2.68. The molecule has 0 saturated carbocycles. The average Bonchev–Trinajstić information content (AvgIpc) is 2.60. The summed E-state index contributed by atoms with van der Waals surface area (Å²) < 4.78 is 6.24. The van der Waals surface area contributed by atoms with Gasteiger partial charge < -0.3 is 15.4 Å². The Bertz CT molecular complexity index is 750. The van der Waals surface area contributed by atoms with Crippen molar-refractivity contribution in [2.45, 2.75) is 13.5 Å². The first-order valence-electron chi connectivity index (χ1n) is 7.71. The highest BCUT2D eigenvalue weighted by atomic mass is 79.9. The summed E-state index contributed by atoms with van der Waals surface area (Å²) in [4.78, 5) is 23.6. The molecule has 2 rings (SSSR count). The molecule has 0 radical (unpaired) electrons. The van der Waals surface area contributed by atoms with E-state index in [0.29, 0.717) is 29.4 Å². The first-order chi connectivity index (χ1) is 12.0. The van der Waals surface area contributed by atoms with Crippen LogP contribution in [-0.4, -0.2) is 25.0 Å². The second-order valence-corrected chi connectivity index (χ2v) is 6.52. The molecule has 0 aliphatic rings. The van der Waals surface area contributed by atoms with E-state index in [2.05, 4.69) is 26.6 Å². The molecule has 2 amide bonds. The molecule has 2 aromatic rings. The van der Waals surface area contributed by atoms with E-state index in [1.165, 1.54) is 0 Å². The van der Waals surface area contributed by atoms with Crippen molar-refractivity contribution in [1.29, 1.82) is 0 Å². The quantitative estimate of drug-likeness (QED) is 0.713. The molecule has 0 aromatic heterocycles. The minimum atomic E-state index is -0.258. The summed E-state index contributed by atoms with van der Waals surface area (Å²) in [5.74, 6) is 0.0796. The molecule has 0 bridgehead atoms. The average molecular weight is 426 g/mol. The fraction of sp³-hybridized carbons (Fsp3) is 0.222. The van der Waals surface area contributed by atoms with Crippen molar-refractivity contribution >= 4 is 39.3 Å². The summed E-state index contributed by atoms with van der Waals surface area (Å²) in [6.07, 6.45) is 0. The summed E-state index contributed by atoms with van der Waals surface area (Å²) in [6, 6.07) is 12.2. The monoisotopic (exact) mass is 424 g/mol. The summed E-state index contributed by atoms with van der Waals surface area (Å²) >= 11 is 9.33. The molecular weight excluding hydrogens is 408 g/mol. The third-order valence-electron chi connectivity index (χ3n) is 3.30. The molecule has 2 aromatic carbocycles. The maximum Gasteiger partial charge on any atom is 0.258 e. The van der Waals surface area contributed by atoms with Gasteiger partial charge in [0, 0.05) is 23.1 Å². The molecule has 0 spiro atoms. The van der Waals surface area contributed by atoms with Gasteiger partial charge in [0.25, 0.3) is 11.8 Å². The Morgan fingerprint density at radius 3 is 2.48 bits per heavy atom. The molecule has 7 heteroatoms. The second kappa shape index (κ2) is 9.44. The Kier molecular flexibility index (Phi) is 7.28. The van der Waals surface area contributed by atoms with Crippen LogP contribution >= 0.6 is 27.5 Å². The van der Waals surface area contributed by atoms with Gasteiger partial charge in [0.1, 0.15) is 5.75 Å². The van der Waals surface area contributed by atoms with E-state index >= 15 is 0 Å². The maximum atomic E-state index is 11.9. The number of hydrogen-bond donors (Lipinski definition) is 2. The molecule has 2 N–H and O–H groups in total. The maximum absolute atomic E-state index is 11.9. The normalized spacial score (nSPS) is 10.2. The standard InChI is InChI=1S/C18H18BrClN2O3/c1-2-21-18(24)13-5-3-12(4-6-13)10-22-17(23)11-25-16-8-7-14(19)9-15(16)20/h3-9H,2,10-11H2,1H3,(H,21,24)(H,22,23). The number of hydrogen-bond acceptors (Lipinski definition) is 3. The van der Waals surface area contributed by atoms with Gasteiger partial charge in [-0.2, -0.15) is 0 Å². The molecule has 0 heterocycles. The lowest BCUT2D eigenvalue weighted by molar-refractivity contribution is -0.123. The highest BCUT2D eigenvalue weighted by molar-refractivity contribution is 9.10. The lowest BCUT2D eigenvalue weighted by Gasteiger charge is -2.09.